The number of nitrogens with one attached hydrogen (secondary N) is 1. The zero-order valence-electron chi connectivity index (χ0n) is 18.5. The van der Waals surface area contributed by atoms with E-state index in [2.05, 4.69) is 21.2 Å². The number of carbonyl (C=O) groups is 3. The lowest BCUT2D eigenvalue weighted by Gasteiger charge is -2.13. The molecule has 1 heterocycles. The number of primary sulfonamides is 1. The van der Waals surface area contributed by atoms with Crippen molar-refractivity contribution in [1.82, 2.24) is 4.90 Å². The molecular formula is C22H20BrN3O7S3. The van der Waals surface area contributed by atoms with E-state index in [9.17, 15) is 22.8 Å². The van der Waals surface area contributed by atoms with Crippen LogP contribution in [0.25, 0.3) is 6.08 Å². The second-order valence-corrected chi connectivity index (χ2v) is 11.6. The summed E-state index contributed by atoms with van der Waals surface area (Å²) in [5.74, 6) is -1.43. The molecule has 0 aromatic heterocycles. The number of rotatable bonds is 10. The summed E-state index contributed by atoms with van der Waals surface area (Å²) in [6, 6.07) is 10.4. The Balaban J connectivity index is 1.68. The molecule has 0 spiro atoms. The number of benzene rings is 2. The summed E-state index contributed by atoms with van der Waals surface area (Å²) < 4.78 is 29.4. The average molecular weight is 615 g/mol. The van der Waals surface area contributed by atoms with Crippen LogP contribution in [0, 0.1) is 0 Å². The van der Waals surface area contributed by atoms with Crippen molar-refractivity contribution in [2.45, 2.75) is 17.7 Å². The lowest BCUT2D eigenvalue weighted by molar-refractivity contribution is -0.137. The first-order valence-corrected chi connectivity index (χ1v) is 13.8. The van der Waals surface area contributed by atoms with Gasteiger partial charge in [0.2, 0.25) is 10.0 Å². The number of sulfonamides is 1. The fraction of sp³-hybridized carbons (Fsp3) is 0.182. The second-order valence-electron chi connectivity index (χ2n) is 7.42. The van der Waals surface area contributed by atoms with E-state index in [1.54, 1.807) is 24.3 Å². The summed E-state index contributed by atoms with van der Waals surface area (Å²) >= 11 is 9.75. The SMILES string of the molecule is NS(=O)(=O)c1ccc(NC(=O)COc2ccc(Br)cc2/C=C2\SC(=S)N(CCCC(=O)O)C2=O)cc1. The maximum Gasteiger partial charge on any atom is 0.303 e. The van der Waals surface area contributed by atoms with Crippen LogP contribution in [-0.4, -0.2) is 53.7 Å². The second kappa shape index (κ2) is 12.0. The summed E-state index contributed by atoms with van der Waals surface area (Å²) in [6.07, 6.45) is 1.80. The molecule has 2 aromatic carbocycles. The Morgan fingerprint density at radius 3 is 2.56 bits per heavy atom. The maximum atomic E-state index is 12.8. The van der Waals surface area contributed by atoms with Crippen LogP contribution in [0.2, 0.25) is 0 Å². The topological polar surface area (TPSA) is 156 Å². The number of nitrogens with two attached hydrogens (primary N) is 1. The number of carboxylic acid groups (broad SMARTS) is 1. The van der Waals surface area contributed by atoms with Crippen molar-refractivity contribution >= 4 is 83.8 Å². The first-order chi connectivity index (χ1) is 16.9. The number of carboxylic acids is 1. The monoisotopic (exact) mass is 613 g/mol. The summed E-state index contributed by atoms with van der Waals surface area (Å²) in [7, 11) is -3.84. The molecule has 0 unspecified atom stereocenters. The van der Waals surface area contributed by atoms with Gasteiger partial charge in [0.1, 0.15) is 10.1 Å². The molecule has 3 rings (SSSR count). The summed E-state index contributed by atoms with van der Waals surface area (Å²) in [5, 5.41) is 16.5. The van der Waals surface area contributed by atoms with Gasteiger partial charge in [-0.25, -0.2) is 13.6 Å². The number of nitrogens with zero attached hydrogens (tertiary/aromatic N) is 1. The minimum absolute atomic E-state index is 0.0714. The third-order valence-corrected chi connectivity index (χ3v) is 7.53. The van der Waals surface area contributed by atoms with Gasteiger partial charge in [-0.15, -0.1) is 0 Å². The number of hydrogen-bond acceptors (Lipinski definition) is 8. The molecule has 1 aliphatic heterocycles. The first-order valence-electron chi connectivity index (χ1n) is 10.3. The van der Waals surface area contributed by atoms with Crippen LogP contribution in [-0.2, 0) is 24.4 Å². The van der Waals surface area contributed by atoms with E-state index in [0.717, 1.165) is 16.2 Å². The standard InChI is InChI=1S/C22H20BrN3O7S3/c23-14-3-8-17(33-12-19(27)25-15-4-6-16(7-5-15)36(24,31)32)13(10-14)11-18-21(30)26(22(34)35-18)9-1-2-20(28)29/h3-8,10-11H,1-2,9,12H2,(H,25,27)(H,28,29)(H2,24,31,32)/b18-11-. The van der Waals surface area contributed by atoms with Crippen molar-refractivity contribution in [1.29, 1.82) is 0 Å². The van der Waals surface area contributed by atoms with Crippen molar-refractivity contribution in [2.24, 2.45) is 5.14 Å². The minimum atomic E-state index is -3.84. The van der Waals surface area contributed by atoms with Crippen LogP contribution in [0.1, 0.15) is 18.4 Å². The maximum absolute atomic E-state index is 12.8. The zero-order chi connectivity index (χ0) is 26.5. The number of amides is 2. The predicted octanol–water partition coefficient (Wildman–Crippen LogP) is 3.18. The van der Waals surface area contributed by atoms with E-state index in [1.807, 2.05) is 0 Å². The van der Waals surface area contributed by atoms with Gasteiger partial charge in [0.05, 0.1) is 9.80 Å². The molecule has 1 fully saturated rings. The molecule has 10 nitrogen and oxygen atoms in total. The van der Waals surface area contributed by atoms with E-state index >= 15 is 0 Å². The zero-order valence-corrected chi connectivity index (χ0v) is 22.5. The molecule has 0 saturated carbocycles. The van der Waals surface area contributed by atoms with Crippen molar-refractivity contribution < 1.29 is 32.6 Å². The lowest BCUT2D eigenvalue weighted by Crippen LogP contribution is -2.29. The van der Waals surface area contributed by atoms with Crippen molar-refractivity contribution in [2.75, 3.05) is 18.5 Å². The third kappa shape index (κ3) is 7.61. The Labute approximate surface area is 225 Å². The van der Waals surface area contributed by atoms with Gasteiger partial charge >= 0.3 is 5.97 Å². The molecular weight excluding hydrogens is 594 g/mol. The van der Waals surface area contributed by atoms with E-state index < -0.39 is 21.9 Å². The molecule has 0 radical (unpaired) electrons. The molecule has 2 amide bonds. The van der Waals surface area contributed by atoms with Crippen LogP contribution in [0.15, 0.2) is 56.7 Å². The minimum Gasteiger partial charge on any atom is -0.483 e. The van der Waals surface area contributed by atoms with Crippen LogP contribution in [0.5, 0.6) is 5.75 Å². The Kier molecular flexibility index (Phi) is 9.24. The molecule has 36 heavy (non-hydrogen) atoms. The Hall–Kier alpha value is -2.78. The first kappa shape index (κ1) is 27.8. The van der Waals surface area contributed by atoms with Gasteiger partial charge in [-0.3, -0.25) is 19.3 Å². The van der Waals surface area contributed by atoms with Crippen LogP contribution >= 0.6 is 39.9 Å². The Bertz CT molecular complexity index is 1350. The Morgan fingerprint density at radius 1 is 1.22 bits per heavy atom. The number of aliphatic carboxylic acids is 1. The average Bonchev–Trinajstić information content (AvgIpc) is 3.05. The normalized spacial score (nSPS) is 14.8. The van der Waals surface area contributed by atoms with Gasteiger partial charge in [0.25, 0.3) is 11.8 Å². The number of thiocarbonyl (C=S) groups is 1. The number of thioether (sulfide) groups is 1. The molecule has 14 heteroatoms. The van der Waals surface area contributed by atoms with Crippen molar-refractivity contribution in [3.8, 4) is 5.75 Å². The number of ether oxygens (including phenoxy) is 1. The molecule has 0 aliphatic carbocycles. The van der Waals surface area contributed by atoms with Gasteiger partial charge < -0.3 is 15.2 Å². The van der Waals surface area contributed by atoms with E-state index in [1.165, 1.54) is 29.2 Å². The molecule has 1 saturated heterocycles. The molecule has 2 aromatic rings. The fourth-order valence-corrected chi connectivity index (χ4v) is 5.25. The largest absolute Gasteiger partial charge is 0.483 e. The molecule has 4 N–H and O–H groups in total. The number of hydrogen-bond donors (Lipinski definition) is 3. The molecule has 1 aliphatic rings. The number of anilines is 1. The highest BCUT2D eigenvalue weighted by atomic mass is 79.9. The summed E-state index contributed by atoms with van der Waals surface area (Å²) in [6.45, 7) is -0.149. The van der Waals surface area contributed by atoms with E-state index in [0.29, 0.717) is 26.2 Å². The highest BCUT2D eigenvalue weighted by Crippen LogP contribution is 2.35. The van der Waals surface area contributed by atoms with Crippen LogP contribution in [0.4, 0.5) is 5.69 Å². The molecule has 190 valence electrons. The van der Waals surface area contributed by atoms with Gasteiger partial charge in [0, 0.05) is 28.7 Å². The van der Waals surface area contributed by atoms with Gasteiger partial charge in [-0.05, 0) is 55.0 Å². The highest BCUT2D eigenvalue weighted by Gasteiger charge is 2.32. The lowest BCUT2D eigenvalue weighted by atomic mass is 10.2. The molecule has 0 bridgehead atoms. The Morgan fingerprint density at radius 2 is 1.92 bits per heavy atom. The number of halogens is 1. The number of carbonyl (C=O) groups excluding carboxylic acids is 2. The van der Waals surface area contributed by atoms with Crippen molar-refractivity contribution in [3.05, 3.63) is 57.4 Å². The van der Waals surface area contributed by atoms with Crippen LogP contribution in [0.3, 0.4) is 0 Å². The summed E-state index contributed by atoms with van der Waals surface area (Å²) in [4.78, 5) is 37.5. The fourth-order valence-electron chi connectivity index (χ4n) is 3.05. The van der Waals surface area contributed by atoms with E-state index in [4.69, 9.17) is 27.2 Å². The summed E-state index contributed by atoms with van der Waals surface area (Å²) in [5.41, 5.74) is 0.888. The predicted molar refractivity (Wildman–Crippen MR) is 143 cm³/mol. The molecule has 0 atom stereocenters. The van der Waals surface area contributed by atoms with Crippen LogP contribution < -0.4 is 15.2 Å². The van der Waals surface area contributed by atoms with Gasteiger partial charge in [-0.1, -0.05) is 39.9 Å². The van der Waals surface area contributed by atoms with Gasteiger partial charge in [-0.2, -0.15) is 0 Å². The quantitative estimate of drug-likeness (QED) is 0.270. The third-order valence-electron chi connectivity index (χ3n) is 4.73. The van der Waals surface area contributed by atoms with Gasteiger partial charge in [0.15, 0.2) is 6.61 Å². The van der Waals surface area contributed by atoms with E-state index in [-0.39, 0.29) is 36.8 Å². The highest BCUT2D eigenvalue weighted by molar-refractivity contribution is 9.10. The van der Waals surface area contributed by atoms with Crippen molar-refractivity contribution in [3.63, 3.8) is 0 Å². The smallest absolute Gasteiger partial charge is 0.303 e.